The van der Waals surface area contributed by atoms with E-state index in [-0.39, 0.29) is 11.1 Å². The number of piperazine rings is 1. The lowest BCUT2D eigenvalue weighted by Crippen LogP contribution is -2.49. The molecule has 0 saturated carbocycles. The Morgan fingerprint density at radius 1 is 1.32 bits per heavy atom. The van der Waals surface area contributed by atoms with Gasteiger partial charge in [0.15, 0.2) is 5.03 Å². The molecule has 120 valence electrons. The third-order valence-electron chi connectivity index (χ3n) is 4.01. The van der Waals surface area contributed by atoms with Gasteiger partial charge in [0.05, 0.1) is 6.04 Å². The second-order valence-corrected chi connectivity index (χ2v) is 7.31. The van der Waals surface area contributed by atoms with Gasteiger partial charge in [0.1, 0.15) is 11.6 Å². The van der Waals surface area contributed by atoms with Crippen LogP contribution in [0.4, 0.5) is 0 Å². The Morgan fingerprint density at radius 3 is 2.68 bits per heavy atom. The van der Waals surface area contributed by atoms with Gasteiger partial charge in [-0.3, -0.25) is 0 Å². The van der Waals surface area contributed by atoms with E-state index in [0.29, 0.717) is 25.5 Å². The Bertz CT molecular complexity index is 759. The van der Waals surface area contributed by atoms with Crippen molar-refractivity contribution in [2.45, 2.75) is 18.0 Å². The zero-order valence-electron chi connectivity index (χ0n) is 12.9. The first-order chi connectivity index (χ1) is 10.4. The smallest absolute Gasteiger partial charge is 0.262 e. The number of hydrogen-bond acceptors (Lipinski definition) is 5. The van der Waals surface area contributed by atoms with Gasteiger partial charge in [-0.1, -0.05) is 0 Å². The van der Waals surface area contributed by atoms with Gasteiger partial charge in [0.2, 0.25) is 0 Å². The van der Waals surface area contributed by atoms with Crippen molar-refractivity contribution in [1.82, 2.24) is 28.7 Å². The van der Waals surface area contributed by atoms with E-state index in [1.165, 1.54) is 4.31 Å². The molecule has 1 atom stereocenters. The van der Waals surface area contributed by atoms with Crippen LogP contribution in [0.1, 0.15) is 17.7 Å². The van der Waals surface area contributed by atoms with Crippen molar-refractivity contribution < 1.29 is 8.42 Å². The van der Waals surface area contributed by atoms with E-state index >= 15 is 0 Å². The molecule has 0 spiro atoms. The standard InChI is InChI=1S/C13H20N6O2S/c1-10-16-12(9-18(10)3)22(20,21)19-7-4-14-8-11(19)13-15-5-6-17(13)2/h5-6,9,11,14H,4,7-8H2,1-3H3. The van der Waals surface area contributed by atoms with Crippen LogP contribution in [-0.2, 0) is 24.1 Å². The topological polar surface area (TPSA) is 85.1 Å². The summed E-state index contributed by atoms with van der Waals surface area (Å²) in [6.07, 6.45) is 5.06. The minimum atomic E-state index is -3.65. The lowest BCUT2D eigenvalue weighted by Gasteiger charge is -2.34. The average molecular weight is 324 g/mol. The molecule has 9 heteroatoms. The minimum Gasteiger partial charge on any atom is -0.337 e. The average Bonchev–Trinajstić information content (AvgIpc) is 3.06. The first-order valence-electron chi connectivity index (χ1n) is 7.11. The van der Waals surface area contributed by atoms with Crippen molar-refractivity contribution in [2.75, 3.05) is 19.6 Å². The van der Waals surface area contributed by atoms with Gasteiger partial charge in [-0.05, 0) is 6.92 Å². The zero-order chi connectivity index (χ0) is 15.9. The molecule has 3 rings (SSSR count). The van der Waals surface area contributed by atoms with Gasteiger partial charge >= 0.3 is 0 Å². The van der Waals surface area contributed by atoms with E-state index in [2.05, 4.69) is 15.3 Å². The van der Waals surface area contributed by atoms with Gasteiger partial charge in [-0.25, -0.2) is 18.4 Å². The predicted molar refractivity (Wildman–Crippen MR) is 80.7 cm³/mol. The third-order valence-corrected chi connectivity index (χ3v) is 5.79. The molecular formula is C13H20N6O2S. The van der Waals surface area contributed by atoms with Crippen LogP contribution < -0.4 is 5.32 Å². The highest BCUT2D eigenvalue weighted by molar-refractivity contribution is 7.89. The van der Waals surface area contributed by atoms with Crippen molar-refractivity contribution in [2.24, 2.45) is 14.1 Å². The Kier molecular flexibility index (Phi) is 3.79. The Hall–Kier alpha value is -1.71. The number of nitrogens with one attached hydrogen (secondary N) is 1. The molecule has 0 aliphatic carbocycles. The SMILES string of the molecule is Cc1nc(S(=O)(=O)N2CCNCC2c2nccn2C)cn1C. The highest BCUT2D eigenvalue weighted by atomic mass is 32.2. The van der Waals surface area contributed by atoms with Crippen LogP contribution >= 0.6 is 0 Å². The van der Waals surface area contributed by atoms with Crippen LogP contribution in [0.5, 0.6) is 0 Å². The summed E-state index contributed by atoms with van der Waals surface area (Å²) in [5.41, 5.74) is 0. The second kappa shape index (κ2) is 5.49. The number of rotatable bonds is 3. The molecule has 22 heavy (non-hydrogen) atoms. The molecule has 0 radical (unpaired) electrons. The molecule has 0 bridgehead atoms. The second-order valence-electron chi connectivity index (χ2n) is 5.47. The predicted octanol–water partition coefficient (Wildman–Crippen LogP) is -0.203. The van der Waals surface area contributed by atoms with Crippen LogP contribution in [-0.4, -0.2) is 51.5 Å². The van der Waals surface area contributed by atoms with Gasteiger partial charge in [0, 0.05) is 52.3 Å². The molecule has 1 saturated heterocycles. The van der Waals surface area contributed by atoms with Crippen LogP contribution in [0.25, 0.3) is 0 Å². The number of sulfonamides is 1. The minimum absolute atomic E-state index is 0.0913. The molecule has 1 N–H and O–H groups in total. The van der Waals surface area contributed by atoms with E-state index in [4.69, 9.17) is 0 Å². The van der Waals surface area contributed by atoms with Crippen molar-refractivity contribution >= 4 is 10.0 Å². The fourth-order valence-electron chi connectivity index (χ4n) is 2.66. The molecule has 8 nitrogen and oxygen atoms in total. The molecule has 2 aromatic rings. The Balaban J connectivity index is 2.01. The fraction of sp³-hybridized carbons (Fsp3) is 0.538. The van der Waals surface area contributed by atoms with Crippen molar-refractivity contribution in [3.05, 3.63) is 30.2 Å². The molecule has 3 heterocycles. The quantitative estimate of drug-likeness (QED) is 0.845. The summed E-state index contributed by atoms with van der Waals surface area (Å²) >= 11 is 0. The molecule has 2 aromatic heterocycles. The number of imidazole rings is 2. The first kappa shape index (κ1) is 15.2. The summed E-state index contributed by atoms with van der Waals surface area (Å²) in [7, 11) is 0.00715. The summed E-state index contributed by atoms with van der Waals surface area (Å²) < 4.78 is 31.0. The zero-order valence-corrected chi connectivity index (χ0v) is 13.7. The van der Waals surface area contributed by atoms with Crippen LogP contribution in [0.15, 0.2) is 23.6 Å². The van der Waals surface area contributed by atoms with E-state index in [9.17, 15) is 8.42 Å². The number of hydrogen-bond donors (Lipinski definition) is 1. The number of aryl methyl sites for hydroxylation is 3. The molecule has 0 amide bonds. The molecular weight excluding hydrogens is 304 g/mol. The highest BCUT2D eigenvalue weighted by Gasteiger charge is 2.37. The van der Waals surface area contributed by atoms with E-state index in [1.807, 2.05) is 17.8 Å². The summed E-state index contributed by atoms with van der Waals surface area (Å²) in [5.74, 6) is 1.39. The first-order valence-corrected chi connectivity index (χ1v) is 8.55. The maximum Gasteiger partial charge on any atom is 0.262 e. The molecule has 1 unspecified atom stereocenters. The number of nitrogens with zero attached hydrogens (tertiary/aromatic N) is 5. The largest absolute Gasteiger partial charge is 0.337 e. The monoisotopic (exact) mass is 324 g/mol. The van der Waals surface area contributed by atoms with E-state index in [1.54, 1.807) is 30.9 Å². The summed E-state index contributed by atoms with van der Waals surface area (Å²) in [6.45, 7) is 3.34. The normalized spacial score (nSPS) is 20.4. The van der Waals surface area contributed by atoms with Gasteiger partial charge in [-0.2, -0.15) is 4.31 Å². The van der Waals surface area contributed by atoms with Crippen molar-refractivity contribution in [1.29, 1.82) is 0 Å². The summed E-state index contributed by atoms with van der Waals surface area (Å²) in [4.78, 5) is 8.49. The fourth-order valence-corrected chi connectivity index (χ4v) is 4.28. The summed E-state index contributed by atoms with van der Waals surface area (Å²) in [6, 6.07) is -0.332. The van der Waals surface area contributed by atoms with E-state index < -0.39 is 10.0 Å². The molecule has 1 aliphatic heterocycles. The van der Waals surface area contributed by atoms with Crippen molar-refractivity contribution in [3.63, 3.8) is 0 Å². The van der Waals surface area contributed by atoms with Gasteiger partial charge < -0.3 is 14.5 Å². The molecule has 1 aliphatic rings. The number of aromatic nitrogens is 4. The molecule has 0 aromatic carbocycles. The third kappa shape index (κ3) is 2.44. The van der Waals surface area contributed by atoms with Gasteiger partial charge in [0.25, 0.3) is 10.0 Å². The Labute approximate surface area is 129 Å². The van der Waals surface area contributed by atoms with Crippen LogP contribution in [0.3, 0.4) is 0 Å². The van der Waals surface area contributed by atoms with Gasteiger partial charge in [-0.15, -0.1) is 0 Å². The summed E-state index contributed by atoms with van der Waals surface area (Å²) in [5, 5.41) is 3.33. The highest BCUT2D eigenvalue weighted by Crippen LogP contribution is 2.27. The van der Waals surface area contributed by atoms with E-state index in [0.717, 1.165) is 5.82 Å². The molecule has 1 fully saturated rings. The van der Waals surface area contributed by atoms with Crippen LogP contribution in [0.2, 0.25) is 0 Å². The Morgan fingerprint density at radius 2 is 2.09 bits per heavy atom. The van der Waals surface area contributed by atoms with Crippen LogP contribution in [0, 0.1) is 6.92 Å². The maximum atomic E-state index is 13.0. The maximum absolute atomic E-state index is 13.0. The lowest BCUT2D eigenvalue weighted by atomic mass is 10.2. The van der Waals surface area contributed by atoms with Crippen molar-refractivity contribution in [3.8, 4) is 0 Å². The lowest BCUT2D eigenvalue weighted by molar-refractivity contribution is 0.257.